The fourth-order valence-corrected chi connectivity index (χ4v) is 6.07. The van der Waals surface area contributed by atoms with Gasteiger partial charge in [0.2, 0.25) is 0 Å². The number of methoxy groups -OCH3 is 1. The van der Waals surface area contributed by atoms with Gasteiger partial charge in [0.05, 0.1) is 19.8 Å². The van der Waals surface area contributed by atoms with Crippen LogP contribution in [0.25, 0.3) is 10.9 Å². The highest BCUT2D eigenvalue weighted by molar-refractivity contribution is 6.08. The number of carbonyl (C=O) groups excluding carboxylic acids is 2. The Labute approximate surface area is 222 Å². The third-order valence-electron chi connectivity index (χ3n) is 8.05. The number of hydrogen-bond donors (Lipinski definition) is 1. The summed E-state index contributed by atoms with van der Waals surface area (Å²) >= 11 is 0. The van der Waals surface area contributed by atoms with Crippen molar-refractivity contribution in [3.63, 3.8) is 0 Å². The van der Waals surface area contributed by atoms with E-state index in [1.54, 1.807) is 12.0 Å². The molecule has 3 aromatic rings. The number of aromatic amines is 1. The van der Waals surface area contributed by atoms with Crippen LogP contribution in [0.5, 0.6) is 5.75 Å². The lowest BCUT2D eigenvalue weighted by Crippen LogP contribution is -2.53. The lowest BCUT2D eigenvalue weighted by atomic mass is 9.81. The molecule has 3 aliphatic heterocycles. The van der Waals surface area contributed by atoms with Crippen molar-refractivity contribution in [3.8, 4) is 5.75 Å². The monoisotopic (exact) mass is 518 g/mol. The van der Waals surface area contributed by atoms with Gasteiger partial charge in [-0.15, -0.1) is 0 Å². The van der Waals surface area contributed by atoms with Gasteiger partial charge < -0.3 is 19.2 Å². The van der Waals surface area contributed by atoms with Crippen molar-refractivity contribution in [2.75, 3.05) is 59.7 Å². The number of H-pyrrole nitrogens is 1. The standard InChI is InChI=1S/C29H34N4O5/c1-29-19-23-22-18-21(38-17-16-36-2)8-9-24(22)30-25(23)26(20-6-4-3-5-7-20)33(29)28(35)32(27(29)34)11-10-31-12-14-37-15-13-31/h3-9,18,26,30H,10-17,19H2,1-2H3. The van der Waals surface area contributed by atoms with E-state index in [0.29, 0.717) is 45.9 Å². The minimum Gasteiger partial charge on any atom is -0.491 e. The van der Waals surface area contributed by atoms with E-state index in [1.165, 1.54) is 4.90 Å². The summed E-state index contributed by atoms with van der Waals surface area (Å²) in [6.07, 6.45) is 0.436. The van der Waals surface area contributed by atoms with Gasteiger partial charge in [0.15, 0.2) is 0 Å². The molecule has 0 spiro atoms. The summed E-state index contributed by atoms with van der Waals surface area (Å²) in [6.45, 7) is 6.89. The van der Waals surface area contributed by atoms with Gasteiger partial charge in [-0.25, -0.2) is 4.79 Å². The first-order valence-electron chi connectivity index (χ1n) is 13.3. The van der Waals surface area contributed by atoms with E-state index < -0.39 is 11.6 Å². The van der Waals surface area contributed by atoms with Crippen LogP contribution in [0.1, 0.15) is 29.8 Å². The van der Waals surface area contributed by atoms with Crippen molar-refractivity contribution in [3.05, 3.63) is 65.4 Å². The van der Waals surface area contributed by atoms with Gasteiger partial charge in [-0.3, -0.25) is 19.5 Å². The average molecular weight is 519 g/mol. The van der Waals surface area contributed by atoms with E-state index in [1.807, 2.05) is 55.5 Å². The summed E-state index contributed by atoms with van der Waals surface area (Å²) in [4.78, 5) is 37.1. The third-order valence-corrected chi connectivity index (χ3v) is 8.05. The molecule has 6 rings (SSSR count). The second-order valence-corrected chi connectivity index (χ2v) is 10.4. The Morgan fingerprint density at radius 3 is 2.61 bits per heavy atom. The molecule has 1 aromatic heterocycles. The molecule has 2 atom stereocenters. The number of hydrogen-bond acceptors (Lipinski definition) is 6. The first-order valence-corrected chi connectivity index (χ1v) is 13.3. The van der Waals surface area contributed by atoms with Crippen molar-refractivity contribution < 1.29 is 23.8 Å². The molecular formula is C29H34N4O5. The molecule has 1 N–H and O–H groups in total. The van der Waals surface area contributed by atoms with Crippen LogP contribution in [-0.4, -0.2) is 96.9 Å². The molecule has 3 aliphatic rings. The van der Waals surface area contributed by atoms with Crippen molar-refractivity contribution >= 4 is 22.8 Å². The number of carbonyl (C=O) groups is 2. The predicted molar refractivity (Wildman–Crippen MR) is 142 cm³/mol. The van der Waals surface area contributed by atoms with E-state index in [2.05, 4.69) is 9.88 Å². The minimum absolute atomic E-state index is 0.135. The Hall–Kier alpha value is -3.40. The van der Waals surface area contributed by atoms with Crippen molar-refractivity contribution in [2.24, 2.45) is 0 Å². The van der Waals surface area contributed by atoms with Gasteiger partial charge in [0.25, 0.3) is 5.91 Å². The maximum atomic E-state index is 14.0. The molecule has 9 heteroatoms. The summed E-state index contributed by atoms with van der Waals surface area (Å²) in [5, 5.41) is 1.02. The van der Waals surface area contributed by atoms with Gasteiger partial charge in [-0.1, -0.05) is 30.3 Å². The van der Waals surface area contributed by atoms with Crippen LogP contribution >= 0.6 is 0 Å². The molecule has 4 heterocycles. The van der Waals surface area contributed by atoms with Crippen LogP contribution in [0.3, 0.4) is 0 Å². The fraction of sp³-hybridized carbons (Fsp3) is 0.448. The van der Waals surface area contributed by atoms with E-state index in [9.17, 15) is 9.59 Å². The zero-order chi connectivity index (χ0) is 26.3. The molecular weight excluding hydrogens is 484 g/mol. The number of benzene rings is 2. The van der Waals surface area contributed by atoms with Gasteiger partial charge in [0, 0.05) is 56.3 Å². The number of amides is 3. The first kappa shape index (κ1) is 24.9. The fourth-order valence-electron chi connectivity index (χ4n) is 6.07. The summed E-state index contributed by atoms with van der Waals surface area (Å²) in [5.74, 6) is 0.616. The Bertz CT molecular complexity index is 1340. The molecule has 3 amide bonds. The minimum atomic E-state index is -0.988. The SMILES string of the molecule is COCCOc1ccc2[nH]c3c(c2c1)CC1(C)C(=O)N(CCN2CCOCC2)C(=O)N1C3c1ccccc1. The molecule has 9 nitrogen and oxygen atoms in total. The lowest BCUT2D eigenvalue weighted by Gasteiger charge is -2.42. The summed E-state index contributed by atoms with van der Waals surface area (Å²) in [6, 6.07) is 15.3. The summed E-state index contributed by atoms with van der Waals surface area (Å²) in [5.41, 5.74) is 2.95. The van der Waals surface area contributed by atoms with Crippen LogP contribution in [-0.2, 0) is 20.7 Å². The number of aromatic nitrogens is 1. The molecule has 0 bridgehead atoms. The second kappa shape index (κ2) is 10.1. The quantitative estimate of drug-likeness (QED) is 0.364. The zero-order valence-electron chi connectivity index (χ0n) is 21.9. The largest absolute Gasteiger partial charge is 0.491 e. The van der Waals surface area contributed by atoms with E-state index in [0.717, 1.165) is 46.6 Å². The predicted octanol–water partition coefficient (Wildman–Crippen LogP) is 3.19. The molecule has 2 fully saturated rings. The number of ether oxygens (including phenoxy) is 3. The van der Waals surface area contributed by atoms with E-state index >= 15 is 0 Å². The normalized spacial score (nSPS) is 23.7. The highest BCUT2D eigenvalue weighted by Gasteiger charge is 2.60. The van der Waals surface area contributed by atoms with Gasteiger partial charge in [-0.05, 0) is 36.2 Å². The summed E-state index contributed by atoms with van der Waals surface area (Å²) in [7, 11) is 1.65. The van der Waals surface area contributed by atoms with Crippen LogP contribution in [0, 0.1) is 0 Å². The number of nitrogens with zero attached hydrogens (tertiary/aromatic N) is 3. The highest BCUT2D eigenvalue weighted by atomic mass is 16.5. The maximum absolute atomic E-state index is 14.0. The van der Waals surface area contributed by atoms with Gasteiger partial charge >= 0.3 is 6.03 Å². The molecule has 0 aliphatic carbocycles. The van der Waals surface area contributed by atoms with Crippen molar-refractivity contribution in [2.45, 2.75) is 24.9 Å². The molecule has 2 saturated heterocycles. The molecule has 2 unspecified atom stereocenters. The number of urea groups is 1. The van der Waals surface area contributed by atoms with Crippen LogP contribution < -0.4 is 4.74 Å². The smallest absolute Gasteiger partial charge is 0.328 e. The van der Waals surface area contributed by atoms with E-state index in [4.69, 9.17) is 14.2 Å². The Balaban J connectivity index is 1.39. The van der Waals surface area contributed by atoms with Crippen molar-refractivity contribution in [1.29, 1.82) is 0 Å². The van der Waals surface area contributed by atoms with Crippen molar-refractivity contribution in [1.82, 2.24) is 19.7 Å². The lowest BCUT2D eigenvalue weighted by molar-refractivity contribution is -0.133. The van der Waals surface area contributed by atoms with Crippen LogP contribution in [0.4, 0.5) is 4.79 Å². The molecule has 200 valence electrons. The first-order chi connectivity index (χ1) is 18.5. The number of nitrogens with one attached hydrogen (secondary N) is 1. The Morgan fingerprint density at radius 1 is 1.05 bits per heavy atom. The molecule has 0 radical (unpaired) electrons. The topological polar surface area (TPSA) is 87.3 Å². The number of rotatable bonds is 8. The van der Waals surface area contributed by atoms with Gasteiger partial charge in [-0.2, -0.15) is 0 Å². The van der Waals surface area contributed by atoms with Crippen LogP contribution in [0.15, 0.2) is 48.5 Å². The number of morpholine rings is 1. The van der Waals surface area contributed by atoms with E-state index in [-0.39, 0.29) is 11.9 Å². The molecule has 38 heavy (non-hydrogen) atoms. The third kappa shape index (κ3) is 4.15. The molecule has 0 saturated carbocycles. The summed E-state index contributed by atoms with van der Waals surface area (Å²) < 4.78 is 16.5. The second-order valence-electron chi connectivity index (χ2n) is 10.4. The molecule has 2 aromatic carbocycles. The maximum Gasteiger partial charge on any atom is 0.328 e. The highest BCUT2D eigenvalue weighted by Crippen LogP contribution is 2.48. The number of fused-ring (bicyclic) bond motifs is 4. The number of imide groups is 1. The Morgan fingerprint density at radius 2 is 1.84 bits per heavy atom. The zero-order valence-corrected chi connectivity index (χ0v) is 21.9. The van der Waals surface area contributed by atoms with Crippen LogP contribution in [0.2, 0.25) is 0 Å². The van der Waals surface area contributed by atoms with Gasteiger partial charge in [0.1, 0.15) is 23.9 Å². The average Bonchev–Trinajstić information content (AvgIpc) is 3.38. The Kier molecular flexibility index (Phi) is 6.59.